The molecular weight excluding hydrogens is 230 g/mol. The minimum Gasteiger partial charge on any atom is -0.415 e. The highest BCUT2D eigenvalue weighted by molar-refractivity contribution is 6.74. The van der Waals surface area contributed by atoms with Crippen LogP contribution in [0.5, 0.6) is 0 Å². The zero-order valence-corrected chi connectivity index (χ0v) is 12.9. The van der Waals surface area contributed by atoms with Crippen molar-refractivity contribution < 1.29 is 9.22 Å². The van der Waals surface area contributed by atoms with Gasteiger partial charge >= 0.3 is 0 Å². The normalized spacial score (nSPS) is 21.6. The fourth-order valence-corrected chi connectivity index (χ4v) is 2.71. The van der Waals surface area contributed by atoms with Gasteiger partial charge in [0.15, 0.2) is 8.32 Å². The van der Waals surface area contributed by atoms with Gasteiger partial charge in [0, 0.05) is 6.20 Å². The first-order chi connectivity index (χ1) is 7.67. The molecule has 1 heterocycles. The number of rotatable bonds is 4. The highest BCUT2D eigenvalue weighted by Gasteiger charge is 2.38. The van der Waals surface area contributed by atoms with Gasteiger partial charge in [-0.3, -0.25) is 4.79 Å². The van der Waals surface area contributed by atoms with Crippen molar-refractivity contribution in [2.45, 2.75) is 58.3 Å². The van der Waals surface area contributed by atoms with Crippen LogP contribution in [0.25, 0.3) is 0 Å². The third-order valence-corrected chi connectivity index (χ3v) is 8.41. The number of carbonyl (C=O) groups is 1. The van der Waals surface area contributed by atoms with Crippen LogP contribution in [0, 0.1) is 0 Å². The predicted molar refractivity (Wildman–Crippen MR) is 73.2 cm³/mol. The fraction of sp³-hybridized carbons (Fsp3) is 0.769. The van der Waals surface area contributed by atoms with Gasteiger partial charge < -0.3 is 9.33 Å². The first kappa shape index (κ1) is 14.4. The fourth-order valence-electron chi connectivity index (χ4n) is 1.67. The Morgan fingerprint density at radius 3 is 2.59 bits per heavy atom. The number of amides is 1. The zero-order valence-electron chi connectivity index (χ0n) is 11.9. The molecule has 0 fully saturated rings. The summed E-state index contributed by atoms with van der Waals surface area (Å²) in [6.45, 7) is 13.9. The zero-order chi connectivity index (χ0) is 13.3. The van der Waals surface area contributed by atoms with Gasteiger partial charge in [0.2, 0.25) is 6.41 Å². The van der Waals surface area contributed by atoms with E-state index in [4.69, 9.17) is 4.43 Å². The molecule has 3 nitrogen and oxygen atoms in total. The molecule has 0 aromatic heterocycles. The van der Waals surface area contributed by atoms with Crippen LogP contribution in [0.4, 0.5) is 0 Å². The maximum atomic E-state index is 10.9. The van der Waals surface area contributed by atoms with Crippen molar-refractivity contribution in [2.24, 2.45) is 0 Å². The molecule has 0 saturated carbocycles. The Labute approximate surface area is 106 Å². The largest absolute Gasteiger partial charge is 0.415 e. The van der Waals surface area contributed by atoms with Gasteiger partial charge in [-0.2, -0.15) is 0 Å². The first-order valence-electron chi connectivity index (χ1n) is 6.21. The first-order valence-corrected chi connectivity index (χ1v) is 9.12. The van der Waals surface area contributed by atoms with Crippen LogP contribution in [0.1, 0.15) is 34.1 Å². The third kappa shape index (κ3) is 3.42. The molecule has 0 saturated heterocycles. The highest BCUT2D eigenvalue weighted by Crippen LogP contribution is 2.37. The van der Waals surface area contributed by atoms with Gasteiger partial charge in [-0.15, -0.1) is 0 Å². The van der Waals surface area contributed by atoms with Gasteiger partial charge in [0.25, 0.3) is 0 Å². The lowest BCUT2D eigenvalue weighted by atomic mass is 10.2. The number of hydrogen-bond donors (Lipinski definition) is 0. The van der Waals surface area contributed by atoms with Crippen LogP contribution in [-0.2, 0) is 9.22 Å². The second kappa shape index (κ2) is 4.94. The summed E-state index contributed by atoms with van der Waals surface area (Å²) >= 11 is 0. The van der Waals surface area contributed by atoms with E-state index in [2.05, 4.69) is 40.8 Å². The molecule has 1 aliphatic rings. The third-order valence-electron chi connectivity index (χ3n) is 3.91. The van der Waals surface area contributed by atoms with Gasteiger partial charge in [-0.25, -0.2) is 0 Å². The van der Waals surface area contributed by atoms with E-state index < -0.39 is 8.32 Å². The van der Waals surface area contributed by atoms with Gasteiger partial charge in [0.05, 0.1) is 12.6 Å². The van der Waals surface area contributed by atoms with Gasteiger partial charge in [-0.05, 0) is 31.5 Å². The second-order valence-corrected chi connectivity index (χ2v) is 11.3. The summed E-state index contributed by atoms with van der Waals surface area (Å²) in [6, 6.07) is 0.196. The van der Waals surface area contributed by atoms with E-state index in [0.29, 0.717) is 6.61 Å². The molecule has 4 heteroatoms. The summed E-state index contributed by atoms with van der Waals surface area (Å²) in [5, 5.41) is 0.222. The topological polar surface area (TPSA) is 29.5 Å². The van der Waals surface area contributed by atoms with Crippen LogP contribution < -0.4 is 0 Å². The lowest BCUT2D eigenvalue weighted by Crippen LogP contribution is -2.44. The van der Waals surface area contributed by atoms with E-state index in [-0.39, 0.29) is 11.1 Å². The molecule has 0 radical (unpaired) electrons. The molecule has 1 amide bonds. The standard InChI is InChI=1S/C13H25NO2Si/c1-11-7-12(14(8-11)10-15)9-16-17(5,6)13(2,3)4/h8,10,12H,7,9H2,1-6H3. The number of carbonyl (C=O) groups excluding carboxylic acids is 1. The maximum absolute atomic E-state index is 10.9. The minimum atomic E-state index is -1.70. The Balaban J connectivity index is 2.55. The van der Waals surface area contributed by atoms with Gasteiger partial charge in [0.1, 0.15) is 0 Å². The summed E-state index contributed by atoms with van der Waals surface area (Å²) in [4.78, 5) is 12.7. The summed E-state index contributed by atoms with van der Waals surface area (Å²) in [7, 11) is -1.70. The minimum absolute atomic E-state index is 0.196. The Kier molecular flexibility index (Phi) is 4.20. The van der Waals surface area contributed by atoms with Crippen LogP contribution in [0.3, 0.4) is 0 Å². The summed E-state index contributed by atoms with van der Waals surface area (Å²) in [5.74, 6) is 0. The van der Waals surface area contributed by atoms with E-state index in [0.717, 1.165) is 12.8 Å². The molecule has 98 valence electrons. The number of nitrogens with zero attached hydrogens (tertiary/aromatic N) is 1. The molecule has 0 N–H and O–H groups in total. The molecule has 1 unspecified atom stereocenters. The molecule has 1 atom stereocenters. The van der Waals surface area contributed by atoms with Crippen molar-refractivity contribution in [3.8, 4) is 0 Å². The van der Waals surface area contributed by atoms with E-state index in [1.54, 1.807) is 4.90 Å². The molecule has 1 rings (SSSR count). The van der Waals surface area contributed by atoms with Crippen LogP contribution in [0.2, 0.25) is 18.1 Å². The lowest BCUT2D eigenvalue weighted by molar-refractivity contribution is -0.117. The monoisotopic (exact) mass is 255 g/mol. The van der Waals surface area contributed by atoms with E-state index in [1.165, 1.54) is 5.57 Å². The quantitative estimate of drug-likeness (QED) is 0.570. The van der Waals surface area contributed by atoms with E-state index in [9.17, 15) is 4.79 Å². The Morgan fingerprint density at radius 1 is 1.53 bits per heavy atom. The molecule has 0 spiro atoms. The summed E-state index contributed by atoms with van der Waals surface area (Å²) < 4.78 is 6.16. The molecule has 1 aliphatic heterocycles. The number of hydrogen-bond acceptors (Lipinski definition) is 2. The Morgan fingerprint density at radius 2 is 2.12 bits per heavy atom. The average Bonchev–Trinajstić information content (AvgIpc) is 2.54. The molecule has 0 aromatic carbocycles. The average molecular weight is 255 g/mol. The molecular formula is C13H25NO2Si. The molecule has 17 heavy (non-hydrogen) atoms. The van der Waals surface area contributed by atoms with Crippen LogP contribution in [-0.4, -0.2) is 32.3 Å². The van der Waals surface area contributed by atoms with E-state index >= 15 is 0 Å². The lowest BCUT2D eigenvalue weighted by Gasteiger charge is -2.37. The highest BCUT2D eigenvalue weighted by atomic mass is 28.4. The molecule has 0 bridgehead atoms. The van der Waals surface area contributed by atoms with Crippen molar-refractivity contribution >= 4 is 14.7 Å². The second-order valence-electron chi connectivity index (χ2n) is 6.46. The Bertz CT molecular complexity index is 318. The van der Waals surface area contributed by atoms with Crippen molar-refractivity contribution in [3.05, 3.63) is 11.8 Å². The van der Waals surface area contributed by atoms with E-state index in [1.807, 2.05) is 6.20 Å². The molecule has 0 aliphatic carbocycles. The smallest absolute Gasteiger partial charge is 0.214 e. The summed E-state index contributed by atoms with van der Waals surface area (Å²) in [5.41, 5.74) is 1.25. The van der Waals surface area contributed by atoms with Crippen molar-refractivity contribution in [1.82, 2.24) is 4.90 Å². The van der Waals surface area contributed by atoms with Gasteiger partial charge in [-0.1, -0.05) is 26.3 Å². The summed E-state index contributed by atoms with van der Waals surface area (Å²) in [6.07, 6.45) is 3.76. The SMILES string of the molecule is CC1=CN(C=O)C(CO[Si](C)(C)C(C)(C)C)C1. The maximum Gasteiger partial charge on any atom is 0.214 e. The molecule has 0 aromatic rings. The van der Waals surface area contributed by atoms with Crippen molar-refractivity contribution in [1.29, 1.82) is 0 Å². The predicted octanol–water partition coefficient (Wildman–Crippen LogP) is 3.14. The van der Waals surface area contributed by atoms with Crippen LogP contribution >= 0.6 is 0 Å². The van der Waals surface area contributed by atoms with Crippen LogP contribution in [0.15, 0.2) is 11.8 Å². The van der Waals surface area contributed by atoms with Crippen molar-refractivity contribution in [3.63, 3.8) is 0 Å². The Hall–Kier alpha value is -0.613. The van der Waals surface area contributed by atoms with Crippen molar-refractivity contribution in [2.75, 3.05) is 6.61 Å².